The normalized spacial score (nSPS) is 11.6. The monoisotopic (exact) mass is 473 g/mol. The zero-order chi connectivity index (χ0) is 23.8. The van der Waals surface area contributed by atoms with E-state index in [9.17, 15) is 18.0 Å². The third-order valence-corrected chi connectivity index (χ3v) is 5.47. The van der Waals surface area contributed by atoms with Crippen LogP contribution < -0.4 is 5.32 Å². The number of carbonyl (C=O) groups is 1. The standard InChI is InChI=1S/C23H19ClF3N5O/c1-14-19(15(2)31(30-14)17-6-4-3-5-7-17)12-28-22(33)20-13-29-32(21(20)23(25,26)27)18-10-8-16(24)9-11-18/h3-11,13H,12H2,1-2H3,(H,28,33). The second kappa shape index (κ2) is 8.74. The summed E-state index contributed by atoms with van der Waals surface area (Å²) in [4.78, 5) is 12.8. The molecule has 4 rings (SSSR count). The van der Waals surface area contributed by atoms with Gasteiger partial charge >= 0.3 is 6.18 Å². The second-order valence-electron chi connectivity index (χ2n) is 7.37. The van der Waals surface area contributed by atoms with Crippen molar-refractivity contribution in [3.63, 3.8) is 0 Å². The molecule has 2 aromatic heterocycles. The Bertz CT molecular complexity index is 1290. The topological polar surface area (TPSA) is 64.7 Å². The summed E-state index contributed by atoms with van der Waals surface area (Å²) in [6.45, 7) is 3.65. The average Bonchev–Trinajstić information content (AvgIpc) is 3.35. The summed E-state index contributed by atoms with van der Waals surface area (Å²) in [5.41, 5.74) is 1.45. The zero-order valence-corrected chi connectivity index (χ0v) is 18.4. The molecule has 0 aliphatic carbocycles. The van der Waals surface area contributed by atoms with E-state index in [0.29, 0.717) is 15.4 Å². The Hall–Kier alpha value is -3.59. The van der Waals surface area contributed by atoms with Gasteiger partial charge in [-0.15, -0.1) is 0 Å². The third-order valence-electron chi connectivity index (χ3n) is 5.22. The van der Waals surface area contributed by atoms with E-state index in [0.717, 1.165) is 23.1 Å². The molecule has 0 atom stereocenters. The van der Waals surface area contributed by atoms with E-state index < -0.39 is 23.3 Å². The molecule has 1 N–H and O–H groups in total. The lowest BCUT2D eigenvalue weighted by Crippen LogP contribution is -2.26. The van der Waals surface area contributed by atoms with E-state index in [1.807, 2.05) is 37.3 Å². The number of carbonyl (C=O) groups excluding carboxylic acids is 1. The Labute approximate surface area is 192 Å². The molecule has 170 valence electrons. The number of hydrogen-bond donors (Lipinski definition) is 1. The quantitative estimate of drug-likeness (QED) is 0.429. The van der Waals surface area contributed by atoms with Crippen LogP contribution in [0.3, 0.4) is 0 Å². The molecule has 0 saturated heterocycles. The van der Waals surface area contributed by atoms with Gasteiger partial charge < -0.3 is 5.32 Å². The minimum Gasteiger partial charge on any atom is -0.348 e. The van der Waals surface area contributed by atoms with E-state index in [1.165, 1.54) is 24.3 Å². The van der Waals surface area contributed by atoms with Crippen molar-refractivity contribution >= 4 is 17.5 Å². The van der Waals surface area contributed by atoms with Gasteiger partial charge in [0.15, 0.2) is 5.69 Å². The average molecular weight is 474 g/mol. The Morgan fingerprint density at radius 2 is 1.64 bits per heavy atom. The number of aryl methyl sites for hydroxylation is 1. The van der Waals surface area contributed by atoms with Crippen molar-refractivity contribution in [2.75, 3.05) is 0 Å². The number of amides is 1. The molecule has 0 saturated carbocycles. The number of alkyl halides is 3. The molecule has 6 nitrogen and oxygen atoms in total. The summed E-state index contributed by atoms with van der Waals surface area (Å²) in [5.74, 6) is -0.881. The maximum absolute atomic E-state index is 13.9. The molecule has 2 heterocycles. The number of halogens is 4. The van der Waals surface area contributed by atoms with Crippen molar-refractivity contribution in [2.45, 2.75) is 26.6 Å². The molecule has 10 heteroatoms. The van der Waals surface area contributed by atoms with Crippen LogP contribution in [0.1, 0.15) is 33.0 Å². The van der Waals surface area contributed by atoms with E-state index in [4.69, 9.17) is 11.6 Å². The highest BCUT2D eigenvalue weighted by atomic mass is 35.5. The van der Waals surface area contributed by atoms with Crippen LogP contribution in [0, 0.1) is 13.8 Å². The lowest BCUT2D eigenvalue weighted by molar-refractivity contribution is -0.143. The summed E-state index contributed by atoms with van der Waals surface area (Å²) >= 11 is 5.83. The summed E-state index contributed by atoms with van der Waals surface area (Å²) in [6.07, 6.45) is -3.88. The SMILES string of the molecule is Cc1nn(-c2ccccc2)c(C)c1CNC(=O)c1cnn(-c2ccc(Cl)cc2)c1C(F)(F)F. The van der Waals surface area contributed by atoms with Gasteiger partial charge in [-0.05, 0) is 50.2 Å². The Morgan fingerprint density at radius 3 is 2.27 bits per heavy atom. The van der Waals surface area contributed by atoms with E-state index in [2.05, 4.69) is 15.5 Å². The fourth-order valence-electron chi connectivity index (χ4n) is 3.58. The highest BCUT2D eigenvalue weighted by Gasteiger charge is 2.40. The lowest BCUT2D eigenvalue weighted by Gasteiger charge is -2.13. The molecular weight excluding hydrogens is 455 g/mol. The Kier molecular flexibility index (Phi) is 5.99. The molecule has 4 aromatic rings. The van der Waals surface area contributed by atoms with Crippen molar-refractivity contribution in [1.82, 2.24) is 24.9 Å². The van der Waals surface area contributed by atoms with Crippen molar-refractivity contribution in [3.05, 3.63) is 94.0 Å². The van der Waals surface area contributed by atoms with Crippen LogP contribution in [0.15, 0.2) is 60.8 Å². The number of nitrogens with one attached hydrogen (secondary N) is 1. The third kappa shape index (κ3) is 4.49. The van der Waals surface area contributed by atoms with Crippen LogP contribution >= 0.6 is 11.6 Å². The second-order valence-corrected chi connectivity index (χ2v) is 7.81. The number of hydrogen-bond acceptors (Lipinski definition) is 3. The molecule has 0 unspecified atom stereocenters. The van der Waals surface area contributed by atoms with Crippen molar-refractivity contribution in [2.24, 2.45) is 0 Å². The first-order valence-corrected chi connectivity index (χ1v) is 10.3. The molecule has 1 amide bonds. The maximum Gasteiger partial charge on any atom is 0.434 e. The highest BCUT2D eigenvalue weighted by Crippen LogP contribution is 2.34. The zero-order valence-electron chi connectivity index (χ0n) is 17.7. The summed E-state index contributed by atoms with van der Waals surface area (Å²) in [7, 11) is 0. The smallest absolute Gasteiger partial charge is 0.348 e. The first-order valence-electron chi connectivity index (χ1n) is 9.96. The Balaban J connectivity index is 1.61. The van der Waals surface area contributed by atoms with Crippen molar-refractivity contribution in [1.29, 1.82) is 0 Å². The number of rotatable bonds is 5. The van der Waals surface area contributed by atoms with Crippen LogP contribution in [0.4, 0.5) is 13.2 Å². The van der Waals surface area contributed by atoms with E-state index >= 15 is 0 Å². The van der Waals surface area contributed by atoms with E-state index in [1.54, 1.807) is 11.6 Å². The molecule has 33 heavy (non-hydrogen) atoms. The summed E-state index contributed by atoms with van der Waals surface area (Å²) in [6, 6.07) is 15.1. The molecule has 0 aliphatic rings. The van der Waals surface area contributed by atoms with Gasteiger partial charge in [0.05, 0.1) is 28.8 Å². The van der Waals surface area contributed by atoms with Gasteiger partial charge in [0.1, 0.15) is 0 Å². The highest BCUT2D eigenvalue weighted by molar-refractivity contribution is 6.30. The number of para-hydroxylation sites is 1. The first kappa shape index (κ1) is 22.6. The molecule has 0 fully saturated rings. The minimum atomic E-state index is -4.80. The fraction of sp³-hybridized carbons (Fsp3) is 0.174. The summed E-state index contributed by atoms with van der Waals surface area (Å²) in [5, 5.41) is 11.3. The summed E-state index contributed by atoms with van der Waals surface area (Å²) < 4.78 is 44.0. The largest absolute Gasteiger partial charge is 0.434 e. The maximum atomic E-state index is 13.9. The number of benzene rings is 2. The van der Waals surface area contributed by atoms with Crippen LogP contribution in [0.5, 0.6) is 0 Å². The van der Waals surface area contributed by atoms with Gasteiger partial charge in [-0.3, -0.25) is 4.79 Å². The van der Waals surface area contributed by atoms with Gasteiger partial charge in [0, 0.05) is 22.8 Å². The molecular formula is C23H19ClF3N5O. The lowest BCUT2D eigenvalue weighted by atomic mass is 10.1. The van der Waals surface area contributed by atoms with Crippen molar-refractivity contribution in [3.8, 4) is 11.4 Å². The Morgan fingerprint density at radius 1 is 1.00 bits per heavy atom. The van der Waals surface area contributed by atoms with Gasteiger partial charge in [-0.25, -0.2) is 9.36 Å². The van der Waals surface area contributed by atoms with Crippen LogP contribution in [-0.2, 0) is 12.7 Å². The molecule has 0 spiro atoms. The van der Waals surface area contributed by atoms with Crippen molar-refractivity contribution < 1.29 is 18.0 Å². The van der Waals surface area contributed by atoms with Gasteiger partial charge in [0.25, 0.3) is 5.91 Å². The molecule has 0 aliphatic heterocycles. The molecule has 0 bridgehead atoms. The van der Waals surface area contributed by atoms with Gasteiger partial charge in [0.2, 0.25) is 0 Å². The number of nitrogens with zero attached hydrogens (tertiary/aromatic N) is 4. The predicted molar refractivity (Wildman–Crippen MR) is 118 cm³/mol. The van der Waals surface area contributed by atoms with Crippen LogP contribution in [-0.4, -0.2) is 25.5 Å². The molecule has 2 aromatic carbocycles. The van der Waals surface area contributed by atoms with Gasteiger partial charge in [-0.1, -0.05) is 29.8 Å². The van der Waals surface area contributed by atoms with Gasteiger partial charge in [-0.2, -0.15) is 23.4 Å². The van der Waals surface area contributed by atoms with E-state index in [-0.39, 0.29) is 12.2 Å². The van der Waals surface area contributed by atoms with Crippen LogP contribution in [0.25, 0.3) is 11.4 Å². The predicted octanol–water partition coefficient (Wildman–Crippen LogP) is 5.28. The minimum absolute atomic E-state index is 0.0206. The first-order chi connectivity index (χ1) is 15.7. The fourth-order valence-corrected chi connectivity index (χ4v) is 3.71. The van der Waals surface area contributed by atoms with Crippen LogP contribution in [0.2, 0.25) is 5.02 Å². The number of aromatic nitrogens is 4. The molecule has 0 radical (unpaired) electrons.